The lowest BCUT2D eigenvalue weighted by atomic mass is 10.2. The van der Waals surface area contributed by atoms with E-state index in [1.54, 1.807) is 0 Å². The smallest absolute Gasteiger partial charge is 0.142 e. The summed E-state index contributed by atoms with van der Waals surface area (Å²) in [5, 5.41) is 0.614. The molecule has 1 aromatic carbocycles. The summed E-state index contributed by atoms with van der Waals surface area (Å²) >= 11 is 0.999. The molecule has 0 atom stereocenters. The normalized spacial score (nSPS) is 13.6. The van der Waals surface area contributed by atoms with Gasteiger partial charge in [-0.25, -0.2) is 13.8 Å². The molecular weight excluding hydrogens is 266 g/mol. The Bertz CT molecular complexity index is 620. The average molecular weight is 278 g/mol. The third-order valence-electron chi connectivity index (χ3n) is 3.13. The topological polar surface area (TPSA) is 38.9 Å². The highest BCUT2D eigenvalue weighted by Gasteiger charge is 2.16. The highest BCUT2D eigenvalue weighted by Crippen LogP contribution is 2.33. The second-order valence-corrected chi connectivity index (χ2v) is 5.56. The molecule has 0 radical (unpaired) electrons. The minimum atomic E-state index is -0.648. The van der Waals surface area contributed by atoms with Crippen molar-refractivity contribution in [1.82, 2.24) is 4.98 Å². The molecule has 98 valence electrons. The van der Waals surface area contributed by atoms with Gasteiger partial charge in [0.05, 0.1) is 4.90 Å². The van der Waals surface area contributed by atoms with Crippen LogP contribution in [-0.4, -0.2) is 4.98 Å². The van der Waals surface area contributed by atoms with Gasteiger partial charge in [0.15, 0.2) is 0 Å². The number of nitrogens with zero attached hydrogens (tertiary/aromatic N) is 1. The number of nitrogens with two attached hydrogens (primary N) is 1. The summed E-state index contributed by atoms with van der Waals surface area (Å²) in [7, 11) is 0. The summed E-state index contributed by atoms with van der Waals surface area (Å²) in [6.07, 6.45) is 3.08. The summed E-state index contributed by atoms with van der Waals surface area (Å²) in [4.78, 5) is 4.40. The zero-order valence-electron chi connectivity index (χ0n) is 10.1. The average Bonchev–Trinajstić information content (AvgIpc) is 2.81. The number of hydrogen-bond donors (Lipinski definition) is 1. The molecule has 0 saturated heterocycles. The van der Waals surface area contributed by atoms with Gasteiger partial charge in [-0.2, -0.15) is 0 Å². The van der Waals surface area contributed by atoms with E-state index in [4.69, 9.17) is 5.73 Å². The fourth-order valence-corrected chi connectivity index (χ4v) is 3.05. The number of aromatic nitrogens is 1. The Hall–Kier alpha value is -1.62. The molecule has 0 amide bonds. The molecule has 0 bridgehead atoms. The molecule has 1 heterocycles. The van der Waals surface area contributed by atoms with E-state index in [0.29, 0.717) is 5.03 Å². The minimum absolute atomic E-state index is 0.0559. The van der Waals surface area contributed by atoms with Gasteiger partial charge in [0.25, 0.3) is 0 Å². The number of anilines is 1. The summed E-state index contributed by atoms with van der Waals surface area (Å²) in [5.74, 6) is -1.30. The quantitative estimate of drug-likeness (QED) is 0.853. The summed E-state index contributed by atoms with van der Waals surface area (Å²) in [6.45, 7) is 0. The van der Waals surface area contributed by atoms with E-state index in [-0.39, 0.29) is 10.6 Å². The fourth-order valence-electron chi connectivity index (χ4n) is 2.24. The van der Waals surface area contributed by atoms with E-state index in [2.05, 4.69) is 4.98 Å². The Morgan fingerprint density at radius 2 is 1.84 bits per heavy atom. The van der Waals surface area contributed by atoms with E-state index in [9.17, 15) is 8.78 Å². The third-order valence-corrected chi connectivity index (χ3v) is 4.16. The van der Waals surface area contributed by atoms with Crippen molar-refractivity contribution in [3.63, 3.8) is 0 Å². The largest absolute Gasteiger partial charge is 0.399 e. The van der Waals surface area contributed by atoms with E-state index >= 15 is 0 Å². The van der Waals surface area contributed by atoms with Crippen molar-refractivity contribution in [2.75, 3.05) is 5.73 Å². The van der Waals surface area contributed by atoms with Gasteiger partial charge in [0, 0.05) is 11.4 Å². The molecular formula is C14H12F2N2S. The molecule has 1 aliphatic carbocycles. The number of fused-ring (bicyclic) bond motifs is 1. The van der Waals surface area contributed by atoms with Crippen molar-refractivity contribution in [2.24, 2.45) is 0 Å². The van der Waals surface area contributed by atoms with Crippen LogP contribution in [0.3, 0.4) is 0 Å². The number of hydrogen-bond acceptors (Lipinski definition) is 3. The molecule has 1 aromatic heterocycles. The van der Waals surface area contributed by atoms with Crippen LogP contribution in [0, 0.1) is 11.6 Å². The molecule has 0 fully saturated rings. The predicted molar refractivity (Wildman–Crippen MR) is 71.2 cm³/mol. The van der Waals surface area contributed by atoms with Gasteiger partial charge in [-0.1, -0.05) is 17.8 Å². The number of aryl methyl sites for hydroxylation is 2. The van der Waals surface area contributed by atoms with Gasteiger partial charge < -0.3 is 5.73 Å². The summed E-state index contributed by atoms with van der Waals surface area (Å²) in [6, 6.07) is 6.05. The predicted octanol–water partition coefficient (Wildman–Crippen LogP) is 3.58. The van der Waals surface area contributed by atoms with E-state index in [1.807, 2.05) is 12.1 Å². The van der Waals surface area contributed by atoms with Gasteiger partial charge in [0.2, 0.25) is 0 Å². The third kappa shape index (κ3) is 2.42. The fraction of sp³-hybridized carbons (Fsp3) is 0.214. The van der Waals surface area contributed by atoms with Crippen LogP contribution >= 0.6 is 11.8 Å². The van der Waals surface area contributed by atoms with Crippen LogP contribution in [0.4, 0.5) is 14.5 Å². The number of halogens is 2. The maximum atomic E-state index is 13.7. The Labute approximate surface area is 114 Å². The van der Waals surface area contributed by atoms with Gasteiger partial charge in [0.1, 0.15) is 16.7 Å². The van der Waals surface area contributed by atoms with Gasteiger partial charge >= 0.3 is 0 Å². The first-order valence-electron chi connectivity index (χ1n) is 6.04. The number of nitrogen functional groups attached to an aromatic ring is 1. The van der Waals surface area contributed by atoms with Crippen LogP contribution in [0.15, 0.2) is 34.2 Å². The van der Waals surface area contributed by atoms with Crippen molar-refractivity contribution >= 4 is 17.4 Å². The first kappa shape index (κ1) is 12.4. The van der Waals surface area contributed by atoms with E-state index < -0.39 is 11.6 Å². The highest BCUT2D eigenvalue weighted by molar-refractivity contribution is 7.99. The van der Waals surface area contributed by atoms with Crippen LogP contribution in [-0.2, 0) is 12.8 Å². The molecule has 19 heavy (non-hydrogen) atoms. The number of rotatable bonds is 2. The highest BCUT2D eigenvalue weighted by atomic mass is 32.2. The van der Waals surface area contributed by atoms with E-state index in [0.717, 1.165) is 48.9 Å². The van der Waals surface area contributed by atoms with Crippen LogP contribution < -0.4 is 5.73 Å². The van der Waals surface area contributed by atoms with Gasteiger partial charge in [-0.05, 0) is 43.0 Å². The molecule has 0 unspecified atom stereocenters. The lowest BCUT2D eigenvalue weighted by Crippen LogP contribution is -1.95. The molecule has 2 N–H and O–H groups in total. The molecule has 0 aliphatic heterocycles. The lowest BCUT2D eigenvalue weighted by molar-refractivity contribution is 0.541. The van der Waals surface area contributed by atoms with Crippen molar-refractivity contribution < 1.29 is 8.78 Å². The van der Waals surface area contributed by atoms with Crippen LogP contribution in [0.5, 0.6) is 0 Å². The van der Waals surface area contributed by atoms with Crippen molar-refractivity contribution in [1.29, 1.82) is 0 Å². The Kier molecular flexibility index (Phi) is 3.14. The van der Waals surface area contributed by atoms with Crippen molar-refractivity contribution in [2.45, 2.75) is 29.2 Å². The van der Waals surface area contributed by atoms with Crippen molar-refractivity contribution in [3.05, 3.63) is 47.2 Å². The summed E-state index contributed by atoms with van der Waals surface area (Å²) < 4.78 is 27.4. The standard InChI is InChI=1S/C14H12F2N2S/c15-10-6-9(17)7-11(16)14(10)19-13-5-4-8-2-1-3-12(8)18-13/h4-7H,1-3,17H2. The first-order chi connectivity index (χ1) is 9.13. The summed E-state index contributed by atoms with van der Waals surface area (Å²) in [5.41, 5.74) is 7.76. The van der Waals surface area contributed by atoms with Crippen molar-refractivity contribution in [3.8, 4) is 0 Å². The molecule has 0 saturated carbocycles. The molecule has 5 heteroatoms. The monoisotopic (exact) mass is 278 g/mol. The minimum Gasteiger partial charge on any atom is -0.399 e. The Morgan fingerprint density at radius 3 is 2.58 bits per heavy atom. The molecule has 2 aromatic rings. The zero-order valence-corrected chi connectivity index (χ0v) is 10.9. The second-order valence-electron chi connectivity index (χ2n) is 4.52. The van der Waals surface area contributed by atoms with Crippen LogP contribution in [0.1, 0.15) is 17.7 Å². The number of benzene rings is 1. The Morgan fingerprint density at radius 1 is 1.11 bits per heavy atom. The van der Waals surface area contributed by atoms with Gasteiger partial charge in [-0.3, -0.25) is 0 Å². The Balaban J connectivity index is 1.93. The maximum Gasteiger partial charge on any atom is 0.142 e. The lowest BCUT2D eigenvalue weighted by Gasteiger charge is -2.07. The zero-order chi connectivity index (χ0) is 13.4. The number of pyridine rings is 1. The van der Waals surface area contributed by atoms with Crippen LogP contribution in [0.2, 0.25) is 0 Å². The molecule has 2 nitrogen and oxygen atoms in total. The second kappa shape index (κ2) is 4.81. The molecule has 3 rings (SSSR count). The SMILES string of the molecule is Nc1cc(F)c(Sc2ccc3c(n2)CCC3)c(F)c1. The molecule has 0 spiro atoms. The van der Waals surface area contributed by atoms with Gasteiger partial charge in [-0.15, -0.1) is 0 Å². The van der Waals surface area contributed by atoms with Crippen LogP contribution in [0.25, 0.3) is 0 Å². The first-order valence-corrected chi connectivity index (χ1v) is 6.86. The maximum absolute atomic E-state index is 13.7. The van der Waals surface area contributed by atoms with E-state index in [1.165, 1.54) is 5.56 Å². The molecule has 1 aliphatic rings.